The van der Waals surface area contributed by atoms with Gasteiger partial charge in [0.05, 0.1) is 0 Å². The van der Waals surface area contributed by atoms with Gasteiger partial charge >= 0.3 is 0 Å². The smallest absolute Gasteiger partial charge is 0.0432 e. The van der Waals surface area contributed by atoms with Crippen LogP contribution in [0.15, 0.2) is 24.3 Å². The van der Waals surface area contributed by atoms with E-state index in [1.54, 1.807) is 0 Å². The van der Waals surface area contributed by atoms with Gasteiger partial charge in [-0.2, -0.15) is 11.8 Å². The molecule has 1 atom stereocenters. The van der Waals surface area contributed by atoms with E-state index < -0.39 is 0 Å². The van der Waals surface area contributed by atoms with Gasteiger partial charge in [-0.25, -0.2) is 0 Å². The van der Waals surface area contributed by atoms with E-state index in [4.69, 9.17) is 0 Å². The maximum absolute atomic E-state index is 2.53. The molecule has 1 heteroatoms. The van der Waals surface area contributed by atoms with Crippen LogP contribution in [0.4, 0.5) is 0 Å². The van der Waals surface area contributed by atoms with Crippen molar-refractivity contribution in [3.63, 3.8) is 0 Å². The largest absolute Gasteiger partial charge is 0.150 e. The first kappa shape index (κ1) is 9.08. The standard InChI is InChI=1S/C13H18S/c1-2-7-12(6-1)8-3-4-9-13(12)10-5-11-14-13/h3-4,8-9H,1-2,5-7,10-11H2. The highest BCUT2D eigenvalue weighted by Gasteiger charge is 2.51. The highest BCUT2D eigenvalue weighted by Crippen LogP contribution is 2.60. The van der Waals surface area contributed by atoms with Crippen molar-refractivity contribution >= 4 is 11.8 Å². The molecule has 2 spiro atoms. The van der Waals surface area contributed by atoms with E-state index in [1.165, 1.54) is 44.3 Å². The average molecular weight is 206 g/mol. The Kier molecular flexibility index (Phi) is 2.05. The Hall–Kier alpha value is -0.170. The lowest BCUT2D eigenvalue weighted by atomic mass is 9.69. The zero-order valence-electron chi connectivity index (χ0n) is 8.67. The van der Waals surface area contributed by atoms with E-state index in [1.807, 2.05) is 0 Å². The van der Waals surface area contributed by atoms with Crippen LogP contribution in [0.2, 0.25) is 0 Å². The molecule has 0 amide bonds. The summed E-state index contributed by atoms with van der Waals surface area (Å²) in [7, 11) is 0. The lowest BCUT2D eigenvalue weighted by Crippen LogP contribution is -2.40. The summed E-state index contributed by atoms with van der Waals surface area (Å²) in [5.74, 6) is 1.37. The van der Waals surface area contributed by atoms with Crippen molar-refractivity contribution in [1.29, 1.82) is 0 Å². The topological polar surface area (TPSA) is 0 Å². The van der Waals surface area contributed by atoms with Crippen molar-refractivity contribution in [3.05, 3.63) is 24.3 Å². The van der Waals surface area contributed by atoms with Crippen molar-refractivity contribution in [2.45, 2.75) is 43.3 Å². The first-order valence-corrected chi connectivity index (χ1v) is 6.87. The molecule has 3 aliphatic rings. The average Bonchev–Trinajstić information content (AvgIpc) is 2.81. The summed E-state index contributed by atoms with van der Waals surface area (Å²) >= 11 is 2.22. The zero-order valence-corrected chi connectivity index (χ0v) is 9.48. The van der Waals surface area contributed by atoms with E-state index in [0.29, 0.717) is 10.2 Å². The van der Waals surface area contributed by atoms with Gasteiger partial charge in [-0.3, -0.25) is 0 Å². The summed E-state index contributed by atoms with van der Waals surface area (Å²) in [6, 6.07) is 0. The van der Waals surface area contributed by atoms with E-state index in [0.717, 1.165) is 0 Å². The molecule has 14 heavy (non-hydrogen) atoms. The van der Waals surface area contributed by atoms with Crippen molar-refractivity contribution in [1.82, 2.24) is 0 Å². The first-order chi connectivity index (χ1) is 6.87. The second-order valence-electron chi connectivity index (χ2n) is 4.92. The van der Waals surface area contributed by atoms with Gasteiger partial charge in [0.2, 0.25) is 0 Å². The number of fused-ring (bicyclic) bond motifs is 1. The molecule has 0 radical (unpaired) electrons. The molecule has 2 fully saturated rings. The summed E-state index contributed by atoms with van der Waals surface area (Å²) in [5.41, 5.74) is 0.545. The summed E-state index contributed by atoms with van der Waals surface area (Å²) in [5, 5.41) is 0. The molecule has 0 aromatic carbocycles. The monoisotopic (exact) mass is 206 g/mol. The van der Waals surface area contributed by atoms with Gasteiger partial charge in [0.25, 0.3) is 0 Å². The third kappa shape index (κ3) is 1.08. The second kappa shape index (κ2) is 3.16. The van der Waals surface area contributed by atoms with Gasteiger partial charge in [-0.15, -0.1) is 0 Å². The second-order valence-corrected chi connectivity index (χ2v) is 6.35. The normalized spacial score (nSPS) is 38.9. The van der Waals surface area contributed by atoms with Gasteiger partial charge < -0.3 is 0 Å². The quantitative estimate of drug-likeness (QED) is 0.578. The number of hydrogen-bond donors (Lipinski definition) is 0. The molecule has 0 aromatic heterocycles. The molecule has 1 unspecified atom stereocenters. The van der Waals surface area contributed by atoms with Gasteiger partial charge in [0, 0.05) is 10.2 Å². The van der Waals surface area contributed by atoms with Crippen LogP contribution < -0.4 is 0 Å². The van der Waals surface area contributed by atoms with Crippen molar-refractivity contribution in [2.24, 2.45) is 5.41 Å². The number of allylic oxidation sites excluding steroid dienone is 3. The Labute approximate surface area is 90.8 Å². The lowest BCUT2D eigenvalue weighted by Gasteiger charge is -2.44. The molecule has 2 aliphatic carbocycles. The Morgan fingerprint density at radius 1 is 0.857 bits per heavy atom. The van der Waals surface area contributed by atoms with Gasteiger partial charge in [0.1, 0.15) is 0 Å². The maximum atomic E-state index is 2.53. The third-order valence-electron chi connectivity index (χ3n) is 4.28. The minimum atomic E-state index is 0.498. The highest BCUT2D eigenvalue weighted by molar-refractivity contribution is 8.01. The fraction of sp³-hybridized carbons (Fsp3) is 0.692. The molecular formula is C13H18S. The number of hydrogen-bond acceptors (Lipinski definition) is 1. The maximum Gasteiger partial charge on any atom is 0.0432 e. The Balaban J connectivity index is 2.01. The van der Waals surface area contributed by atoms with Crippen LogP contribution in [-0.4, -0.2) is 10.5 Å². The minimum Gasteiger partial charge on any atom is -0.150 e. The Morgan fingerprint density at radius 2 is 1.64 bits per heavy atom. The Morgan fingerprint density at radius 3 is 2.36 bits per heavy atom. The highest BCUT2D eigenvalue weighted by atomic mass is 32.2. The molecule has 0 nitrogen and oxygen atoms in total. The van der Waals surface area contributed by atoms with Crippen LogP contribution in [0, 0.1) is 5.41 Å². The van der Waals surface area contributed by atoms with Gasteiger partial charge in [0.15, 0.2) is 0 Å². The van der Waals surface area contributed by atoms with E-state index in [2.05, 4.69) is 36.1 Å². The molecule has 1 aliphatic heterocycles. The zero-order chi connectivity index (χ0) is 9.49. The van der Waals surface area contributed by atoms with Crippen LogP contribution in [0.25, 0.3) is 0 Å². The molecule has 76 valence electrons. The third-order valence-corrected chi connectivity index (χ3v) is 6.04. The van der Waals surface area contributed by atoms with Crippen LogP contribution in [0.3, 0.4) is 0 Å². The molecular weight excluding hydrogens is 188 g/mol. The number of thioether (sulfide) groups is 1. The van der Waals surface area contributed by atoms with Gasteiger partial charge in [-0.05, 0) is 31.4 Å². The van der Waals surface area contributed by atoms with Crippen molar-refractivity contribution in [2.75, 3.05) is 5.75 Å². The lowest BCUT2D eigenvalue weighted by molar-refractivity contribution is 0.307. The van der Waals surface area contributed by atoms with Crippen LogP contribution in [0.1, 0.15) is 38.5 Å². The predicted molar refractivity (Wildman–Crippen MR) is 63.6 cm³/mol. The van der Waals surface area contributed by atoms with Crippen molar-refractivity contribution < 1.29 is 0 Å². The molecule has 1 saturated heterocycles. The van der Waals surface area contributed by atoms with Crippen molar-refractivity contribution in [3.8, 4) is 0 Å². The van der Waals surface area contributed by atoms with Crippen LogP contribution in [-0.2, 0) is 0 Å². The minimum absolute atomic E-state index is 0.498. The van der Waals surface area contributed by atoms with Crippen LogP contribution in [0.5, 0.6) is 0 Å². The van der Waals surface area contributed by atoms with E-state index in [-0.39, 0.29) is 0 Å². The molecule has 1 saturated carbocycles. The molecule has 3 rings (SSSR count). The van der Waals surface area contributed by atoms with Crippen LogP contribution >= 0.6 is 11.8 Å². The summed E-state index contributed by atoms with van der Waals surface area (Å²) in [4.78, 5) is 0. The number of rotatable bonds is 0. The predicted octanol–water partition coefficient (Wildman–Crippen LogP) is 3.94. The van der Waals surface area contributed by atoms with Gasteiger partial charge in [-0.1, -0.05) is 37.1 Å². The molecule has 1 heterocycles. The van der Waals surface area contributed by atoms with E-state index >= 15 is 0 Å². The summed E-state index contributed by atoms with van der Waals surface area (Å²) < 4.78 is 0.498. The summed E-state index contributed by atoms with van der Waals surface area (Å²) in [6.07, 6.45) is 18.2. The molecule has 0 bridgehead atoms. The summed E-state index contributed by atoms with van der Waals surface area (Å²) in [6.45, 7) is 0. The Bertz CT molecular complexity index is 246. The molecule has 0 N–H and O–H groups in total. The fourth-order valence-electron chi connectivity index (χ4n) is 3.54. The van der Waals surface area contributed by atoms with E-state index in [9.17, 15) is 0 Å². The SMILES string of the molecule is C1=CC2(CCCC2)C2(C=C1)CCCS2. The first-order valence-electron chi connectivity index (χ1n) is 5.88. The molecule has 0 aromatic rings. The fourth-order valence-corrected chi connectivity index (χ4v) is 5.21.